The molecule has 0 spiro atoms. The Hall–Kier alpha value is -3.44. The number of nitrogens with one attached hydrogen (secondary N) is 3. The number of ether oxygens (including phenoxy) is 1. The molecule has 0 bridgehead atoms. The maximum atomic E-state index is 13.3. The van der Waals surface area contributed by atoms with Gasteiger partial charge in [-0.05, 0) is 36.1 Å². The van der Waals surface area contributed by atoms with Crippen LogP contribution in [0, 0.1) is 0 Å². The lowest BCUT2D eigenvalue weighted by Crippen LogP contribution is -2.49. The molecular formula is C24H28N4O5S2. The summed E-state index contributed by atoms with van der Waals surface area (Å²) >= 11 is 1.52. The van der Waals surface area contributed by atoms with E-state index in [0.717, 1.165) is 28.2 Å². The molecule has 0 saturated carbocycles. The van der Waals surface area contributed by atoms with E-state index in [-0.39, 0.29) is 5.91 Å². The summed E-state index contributed by atoms with van der Waals surface area (Å²) in [4.78, 5) is 29.9. The van der Waals surface area contributed by atoms with Crippen molar-refractivity contribution in [1.29, 1.82) is 0 Å². The first kappa shape index (κ1) is 26.2. The number of amides is 2. The van der Waals surface area contributed by atoms with Gasteiger partial charge in [-0.3, -0.25) is 9.52 Å². The van der Waals surface area contributed by atoms with Crippen LogP contribution in [0.3, 0.4) is 0 Å². The zero-order chi connectivity index (χ0) is 25.2. The van der Waals surface area contributed by atoms with Gasteiger partial charge < -0.3 is 15.4 Å². The Morgan fingerprint density at radius 2 is 1.69 bits per heavy atom. The van der Waals surface area contributed by atoms with Gasteiger partial charge in [-0.1, -0.05) is 49.4 Å². The van der Waals surface area contributed by atoms with Crippen LogP contribution in [0.15, 0.2) is 60.0 Å². The van der Waals surface area contributed by atoms with E-state index in [4.69, 9.17) is 4.74 Å². The van der Waals surface area contributed by atoms with E-state index in [0.29, 0.717) is 18.5 Å². The number of aryl methyl sites for hydroxylation is 1. The van der Waals surface area contributed by atoms with Crippen LogP contribution >= 0.6 is 11.3 Å². The Kier molecular flexibility index (Phi) is 9.62. The van der Waals surface area contributed by atoms with Crippen LogP contribution in [0.1, 0.15) is 34.8 Å². The maximum Gasteiger partial charge on any atom is 0.407 e. The third kappa shape index (κ3) is 8.08. The number of aromatic nitrogens is 1. The predicted molar refractivity (Wildman–Crippen MR) is 136 cm³/mol. The second-order valence-electron chi connectivity index (χ2n) is 7.73. The van der Waals surface area contributed by atoms with Gasteiger partial charge in [0, 0.05) is 17.5 Å². The molecule has 1 aromatic heterocycles. The number of carbonyl (C=O) groups excluding carboxylic acids is 2. The van der Waals surface area contributed by atoms with Gasteiger partial charge in [0.2, 0.25) is 16.8 Å². The first-order chi connectivity index (χ1) is 16.9. The van der Waals surface area contributed by atoms with Crippen LogP contribution in [0.5, 0.6) is 0 Å². The van der Waals surface area contributed by atoms with Gasteiger partial charge in [-0.2, -0.15) is 0 Å². The normalized spacial score (nSPS) is 12.5. The van der Waals surface area contributed by atoms with Gasteiger partial charge in [0.05, 0.1) is 23.9 Å². The molecular weight excluding hydrogens is 488 g/mol. The number of hydrogen-bond acceptors (Lipinski definition) is 7. The Balaban J connectivity index is 1.82. The van der Waals surface area contributed by atoms with Crippen molar-refractivity contribution in [2.45, 2.75) is 38.3 Å². The number of thiazole rings is 1. The minimum absolute atomic E-state index is 0.291. The summed E-state index contributed by atoms with van der Waals surface area (Å²) in [6.45, 7) is 2.01. The second-order valence-corrected chi connectivity index (χ2v) is 9.41. The molecule has 2 amide bonds. The number of thiol groups is 1. The Labute approximate surface area is 210 Å². The molecule has 2 atom stereocenters. The number of alkyl carbamates (subject to hydrolysis) is 1. The van der Waals surface area contributed by atoms with Gasteiger partial charge in [-0.25, -0.2) is 18.2 Å². The molecule has 0 aliphatic heterocycles. The summed E-state index contributed by atoms with van der Waals surface area (Å²) < 4.78 is 28.9. The molecule has 0 radical (unpaired) electrons. The molecule has 0 aliphatic rings. The summed E-state index contributed by atoms with van der Waals surface area (Å²) in [6, 6.07) is 15.0. The van der Waals surface area contributed by atoms with Gasteiger partial charge in [0.15, 0.2) is 0 Å². The molecule has 0 saturated heterocycles. The average Bonchev–Trinajstić information content (AvgIpc) is 3.34. The first-order valence-electron chi connectivity index (χ1n) is 11.0. The van der Waals surface area contributed by atoms with Crippen LogP contribution in [0.25, 0.3) is 0 Å². The van der Waals surface area contributed by atoms with Gasteiger partial charge in [0.25, 0.3) is 0 Å². The summed E-state index contributed by atoms with van der Waals surface area (Å²) in [5, 5.41) is 8.53. The van der Waals surface area contributed by atoms with E-state index in [9.17, 15) is 18.0 Å². The summed E-state index contributed by atoms with van der Waals surface area (Å²) in [7, 11) is -1.50. The molecule has 3 aromatic rings. The number of benzene rings is 2. The zero-order valence-corrected chi connectivity index (χ0v) is 21.1. The Morgan fingerprint density at radius 1 is 1.00 bits per heavy atom. The number of methoxy groups -OCH3 is 1. The van der Waals surface area contributed by atoms with E-state index in [1.54, 1.807) is 24.3 Å². The number of rotatable bonds is 11. The smallest absolute Gasteiger partial charge is 0.407 e. The molecule has 0 aliphatic carbocycles. The lowest BCUT2D eigenvalue weighted by atomic mass is 10.0. The fraction of sp³-hybridized carbons (Fsp3) is 0.292. The minimum Gasteiger partial charge on any atom is -0.453 e. The lowest BCUT2D eigenvalue weighted by Gasteiger charge is -2.23. The van der Waals surface area contributed by atoms with Crippen molar-refractivity contribution in [1.82, 2.24) is 15.6 Å². The van der Waals surface area contributed by atoms with E-state index in [1.807, 2.05) is 42.6 Å². The van der Waals surface area contributed by atoms with Crippen LogP contribution in [-0.2, 0) is 39.7 Å². The SMILES string of the molecule is CCc1nc([C@H](Cc2ccc(N[SH](=O)=O)cc2)NC(=O)[C@H](Cc2ccccc2)NC(=O)OC)cs1. The largest absolute Gasteiger partial charge is 0.453 e. The molecule has 3 rings (SSSR count). The molecule has 2 aromatic carbocycles. The lowest BCUT2D eigenvalue weighted by molar-refractivity contribution is -0.123. The third-order valence-corrected chi connectivity index (χ3v) is 6.69. The van der Waals surface area contributed by atoms with Crippen LogP contribution in [0.2, 0.25) is 0 Å². The molecule has 0 fully saturated rings. The number of carbonyl (C=O) groups is 2. The van der Waals surface area contributed by atoms with Gasteiger partial charge in [-0.15, -0.1) is 11.3 Å². The quantitative estimate of drug-likeness (QED) is 0.290. The fourth-order valence-corrected chi connectivity index (χ4v) is 4.62. The molecule has 186 valence electrons. The number of hydrogen-bond donors (Lipinski definition) is 4. The standard InChI is InChI=1S/C24H28N4O5S2/c1-3-22-25-21(15-34-22)19(13-17-9-11-18(12-10-17)28-35(31)32)26-23(29)20(27-24(30)33-2)14-16-7-5-4-6-8-16/h4-12,15,19-20,35H,3,13-14H2,1-2H3,(H,26,29)(H,27,30)(H,28,31,32)/t19-,20-/m0/s1. The zero-order valence-electron chi connectivity index (χ0n) is 19.4. The maximum absolute atomic E-state index is 13.3. The van der Waals surface area contributed by atoms with E-state index >= 15 is 0 Å². The Morgan fingerprint density at radius 3 is 2.29 bits per heavy atom. The highest BCUT2D eigenvalue weighted by atomic mass is 32.2. The van der Waals surface area contributed by atoms with Gasteiger partial charge >= 0.3 is 6.09 Å². The third-order valence-electron chi connectivity index (χ3n) is 5.24. The summed E-state index contributed by atoms with van der Waals surface area (Å²) in [5.41, 5.74) is 2.95. The highest BCUT2D eigenvalue weighted by Crippen LogP contribution is 2.23. The summed E-state index contributed by atoms with van der Waals surface area (Å²) in [5.74, 6) is -0.364. The molecule has 9 nitrogen and oxygen atoms in total. The van der Waals surface area contributed by atoms with Crippen molar-refractivity contribution in [3.8, 4) is 0 Å². The van der Waals surface area contributed by atoms with Crippen molar-refractivity contribution < 1.29 is 22.7 Å². The van der Waals surface area contributed by atoms with Crippen molar-refractivity contribution in [3.05, 3.63) is 81.8 Å². The second kappa shape index (κ2) is 12.9. The van der Waals surface area contributed by atoms with E-state index in [2.05, 4.69) is 20.3 Å². The van der Waals surface area contributed by atoms with Gasteiger partial charge in [0.1, 0.15) is 6.04 Å². The summed E-state index contributed by atoms with van der Waals surface area (Å²) in [6.07, 6.45) is 0.803. The van der Waals surface area contributed by atoms with E-state index < -0.39 is 29.1 Å². The van der Waals surface area contributed by atoms with Crippen molar-refractivity contribution in [2.24, 2.45) is 0 Å². The molecule has 0 unspecified atom stereocenters. The Bertz CT molecular complexity index is 1190. The molecule has 35 heavy (non-hydrogen) atoms. The average molecular weight is 517 g/mol. The number of anilines is 1. The minimum atomic E-state index is -2.75. The molecule has 11 heteroatoms. The highest BCUT2D eigenvalue weighted by Gasteiger charge is 2.26. The molecule has 3 N–H and O–H groups in total. The monoisotopic (exact) mass is 516 g/mol. The molecule has 1 heterocycles. The predicted octanol–water partition coefficient (Wildman–Crippen LogP) is 3.01. The van der Waals surface area contributed by atoms with Crippen LogP contribution in [-0.4, -0.2) is 38.6 Å². The fourth-order valence-electron chi connectivity index (χ4n) is 3.47. The first-order valence-corrected chi connectivity index (χ1v) is 13.1. The van der Waals surface area contributed by atoms with E-state index in [1.165, 1.54) is 18.4 Å². The van der Waals surface area contributed by atoms with Crippen LogP contribution < -0.4 is 15.4 Å². The van der Waals surface area contributed by atoms with Crippen molar-refractivity contribution in [3.63, 3.8) is 0 Å². The van der Waals surface area contributed by atoms with Crippen molar-refractivity contribution >= 4 is 39.9 Å². The highest BCUT2D eigenvalue weighted by molar-refractivity contribution is 7.73. The van der Waals surface area contributed by atoms with Crippen molar-refractivity contribution in [2.75, 3.05) is 11.8 Å². The van der Waals surface area contributed by atoms with Crippen LogP contribution in [0.4, 0.5) is 10.5 Å². The topological polar surface area (TPSA) is 126 Å². The number of nitrogens with zero attached hydrogens (tertiary/aromatic N) is 1.